The summed E-state index contributed by atoms with van der Waals surface area (Å²) < 4.78 is 12.9. The van der Waals surface area contributed by atoms with Gasteiger partial charge in [0.05, 0.1) is 6.20 Å². The molecule has 2 rings (SSSR count). The minimum atomic E-state index is -0.434. The summed E-state index contributed by atoms with van der Waals surface area (Å²) in [5.41, 5.74) is 0.418. The predicted octanol–water partition coefficient (Wildman–Crippen LogP) is 2.98. The summed E-state index contributed by atoms with van der Waals surface area (Å²) >= 11 is 0. The topological polar surface area (TPSA) is 30.0 Å². The lowest BCUT2D eigenvalue weighted by Gasteiger charge is -2.19. The van der Waals surface area contributed by atoms with Crippen molar-refractivity contribution in [1.82, 2.24) is 4.98 Å². The lowest BCUT2D eigenvalue weighted by atomic mass is 9.84. The largest absolute Gasteiger partial charge is 0.294 e. The van der Waals surface area contributed by atoms with Crippen LogP contribution < -0.4 is 0 Å². The summed E-state index contributed by atoms with van der Waals surface area (Å²) in [7, 11) is 0. The van der Waals surface area contributed by atoms with Gasteiger partial charge in [0.25, 0.3) is 0 Å². The molecule has 1 aromatic heterocycles. The van der Waals surface area contributed by atoms with Crippen molar-refractivity contribution in [2.45, 2.75) is 32.1 Å². The first-order chi connectivity index (χ1) is 7.27. The first kappa shape index (κ1) is 10.3. The molecule has 0 aromatic carbocycles. The molecule has 0 saturated heterocycles. The zero-order valence-corrected chi connectivity index (χ0v) is 8.58. The van der Waals surface area contributed by atoms with Crippen molar-refractivity contribution in [2.75, 3.05) is 0 Å². The van der Waals surface area contributed by atoms with Crippen LogP contribution in [0.1, 0.15) is 42.5 Å². The van der Waals surface area contributed by atoms with Gasteiger partial charge in [0.15, 0.2) is 5.78 Å². The maximum Gasteiger partial charge on any atom is 0.167 e. The molecule has 1 fully saturated rings. The third kappa shape index (κ3) is 2.41. The molecule has 0 spiro atoms. The van der Waals surface area contributed by atoms with E-state index in [1.807, 2.05) is 0 Å². The van der Waals surface area contributed by atoms with E-state index in [0.29, 0.717) is 5.56 Å². The molecule has 0 N–H and O–H groups in total. The first-order valence-corrected chi connectivity index (χ1v) is 5.42. The smallest absolute Gasteiger partial charge is 0.167 e. The van der Waals surface area contributed by atoms with E-state index in [0.717, 1.165) is 31.9 Å². The van der Waals surface area contributed by atoms with Gasteiger partial charge in [-0.15, -0.1) is 0 Å². The number of pyridine rings is 1. The summed E-state index contributed by atoms with van der Waals surface area (Å²) in [4.78, 5) is 15.6. The fourth-order valence-electron chi connectivity index (χ4n) is 2.15. The summed E-state index contributed by atoms with van der Waals surface area (Å²) in [5.74, 6) is -0.291. The summed E-state index contributed by atoms with van der Waals surface area (Å²) in [6.45, 7) is 0. The highest BCUT2D eigenvalue weighted by Crippen LogP contribution is 2.26. The van der Waals surface area contributed by atoms with Gasteiger partial charge in [0, 0.05) is 17.7 Å². The average Bonchev–Trinajstić information content (AvgIpc) is 2.29. The number of hydrogen-bond acceptors (Lipinski definition) is 2. The standard InChI is InChI=1S/C12H14FNO/c13-11-6-10(7-14-8-11)12(15)9-4-2-1-3-5-9/h6-9H,1-5H2. The predicted molar refractivity (Wildman–Crippen MR) is 55.1 cm³/mol. The lowest BCUT2D eigenvalue weighted by Crippen LogP contribution is -2.18. The van der Waals surface area contributed by atoms with E-state index < -0.39 is 5.82 Å². The fraction of sp³-hybridized carbons (Fsp3) is 0.500. The van der Waals surface area contributed by atoms with Crippen LogP contribution >= 0.6 is 0 Å². The minimum Gasteiger partial charge on any atom is -0.294 e. The van der Waals surface area contributed by atoms with Gasteiger partial charge in [0.1, 0.15) is 5.82 Å². The van der Waals surface area contributed by atoms with Crippen LogP contribution in [0.4, 0.5) is 4.39 Å². The number of hydrogen-bond donors (Lipinski definition) is 0. The normalized spacial score (nSPS) is 17.7. The lowest BCUT2D eigenvalue weighted by molar-refractivity contribution is 0.0888. The van der Waals surface area contributed by atoms with Crippen LogP contribution in [0.15, 0.2) is 18.5 Å². The molecular formula is C12H14FNO. The van der Waals surface area contributed by atoms with Gasteiger partial charge in [-0.1, -0.05) is 19.3 Å². The van der Waals surface area contributed by atoms with E-state index in [2.05, 4.69) is 4.98 Å². The summed E-state index contributed by atoms with van der Waals surface area (Å²) in [5, 5.41) is 0. The SMILES string of the molecule is O=C(c1cncc(F)c1)C1CCCCC1. The zero-order valence-electron chi connectivity index (χ0n) is 8.58. The van der Waals surface area contributed by atoms with Gasteiger partial charge in [-0.2, -0.15) is 0 Å². The van der Waals surface area contributed by atoms with Crippen LogP contribution in [0.5, 0.6) is 0 Å². The zero-order chi connectivity index (χ0) is 10.7. The van der Waals surface area contributed by atoms with E-state index in [9.17, 15) is 9.18 Å². The highest BCUT2D eigenvalue weighted by molar-refractivity contribution is 5.97. The molecule has 1 heterocycles. The summed E-state index contributed by atoms with van der Waals surface area (Å²) in [6, 6.07) is 1.28. The van der Waals surface area contributed by atoms with Crippen LogP contribution in [0, 0.1) is 11.7 Å². The number of ketones is 1. The Hall–Kier alpha value is -1.25. The average molecular weight is 207 g/mol. The second-order valence-corrected chi connectivity index (χ2v) is 4.09. The van der Waals surface area contributed by atoms with Crippen LogP contribution in [0.2, 0.25) is 0 Å². The van der Waals surface area contributed by atoms with Crippen molar-refractivity contribution >= 4 is 5.78 Å². The highest BCUT2D eigenvalue weighted by Gasteiger charge is 2.22. The molecule has 0 atom stereocenters. The second-order valence-electron chi connectivity index (χ2n) is 4.09. The number of rotatable bonds is 2. The van der Waals surface area contributed by atoms with Crippen LogP contribution in [-0.4, -0.2) is 10.8 Å². The van der Waals surface area contributed by atoms with E-state index in [-0.39, 0.29) is 11.7 Å². The third-order valence-electron chi connectivity index (χ3n) is 2.97. The molecule has 80 valence electrons. The fourth-order valence-corrected chi connectivity index (χ4v) is 2.15. The van der Waals surface area contributed by atoms with Gasteiger partial charge in [0.2, 0.25) is 0 Å². The van der Waals surface area contributed by atoms with Crippen molar-refractivity contribution in [1.29, 1.82) is 0 Å². The number of carbonyl (C=O) groups is 1. The van der Waals surface area contributed by atoms with Crippen molar-refractivity contribution in [3.8, 4) is 0 Å². The van der Waals surface area contributed by atoms with Gasteiger partial charge >= 0.3 is 0 Å². The highest BCUT2D eigenvalue weighted by atomic mass is 19.1. The van der Waals surface area contributed by atoms with Crippen molar-refractivity contribution in [3.05, 3.63) is 29.8 Å². The van der Waals surface area contributed by atoms with Crippen LogP contribution in [0.3, 0.4) is 0 Å². The molecule has 1 saturated carbocycles. The molecule has 0 bridgehead atoms. The molecule has 0 aliphatic heterocycles. The monoisotopic (exact) mass is 207 g/mol. The quantitative estimate of drug-likeness (QED) is 0.698. The Kier molecular flexibility index (Phi) is 3.09. The van der Waals surface area contributed by atoms with E-state index in [1.165, 1.54) is 18.7 Å². The number of halogens is 1. The van der Waals surface area contributed by atoms with Crippen molar-refractivity contribution in [3.63, 3.8) is 0 Å². The molecule has 1 aliphatic rings. The molecule has 0 radical (unpaired) electrons. The van der Waals surface area contributed by atoms with Gasteiger partial charge < -0.3 is 0 Å². The molecule has 0 unspecified atom stereocenters. The molecular weight excluding hydrogens is 193 g/mol. The van der Waals surface area contributed by atoms with Crippen molar-refractivity contribution < 1.29 is 9.18 Å². The molecule has 2 nitrogen and oxygen atoms in total. The van der Waals surface area contributed by atoms with E-state index in [1.54, 1.807) is 0 Å². The number of nitrogens with zero attached hydrogens (tertiary/aromatic N) is 1. The molecule has 3 heteroatoms. The minimum absolute atomic E-state index is 0.0571. The maximum atomic E-state index is 12.9. The van der Waals surface area contributed by atoms with E-state index in [4.69, 9.17) is 0 Å². The Morgan fingerprint density at radius 3 is 2.67 bits per heavy atom. The Labute approximate surface area is 88.5 Å². The Morgan fingerprint density at radius 2 is 2.00 bits per heavy atom. The van der Waals surface area contributed by atoms with Crippen LogP contribution in [-0.2, 0) is 0 Å². The van der Waals surface area contributed by atoms with E-state index >= 15 is 0 Å². The molecule has 15 heavy (non-hydrogen) atoms. The Balaban J connectivity index is 2.12. The first-order valence-electron chi connectivity index (χ1n) is 5.42. The molecule has 1 aromatic rings. The van der Waals surface area contributed by atoms with Crippen molar-refractivity contribution in [2.24, 2.45) is 5.92 Å². The van der Waals surface area contributed by atoms with Crippen LogP contribution in [0.25, 0.3) is 0 Å². The number of Topliss-reactive ketones (excluding diaryl/α,β-unsaturated/α-hetero) is 1. The van der Waals surface area contributed by atoms with Gasteiger partial charge in [-0.05, 0) is 18.9 Å². The maximum absolute atomic E-state index is 12.9. The molecule has 0 amide bonds. The second kappa shape index (κ2) is 4.51. The summed E-state index contributed by atoms with van der Waals surface area (Å²) in [6.07, 6.45) is 7.89. The Bertz CT molecular complexity index is 358. The third-order valence-corrected chi connectivity index (χ3v) is 2.97. The molecule has 1 aliphatic carbocycles. The van der Waals surface area contributed by atoms with Gasteiger partial charge in [-0.3, -0.25) is 9.78 Å². The number of aromatic nitrogens is 1. The van der Waals surface area contributed by atoms with Gasteiger partial charge in [-0.25, -0.2) is 4.39 Å². The number of carbonyl (C=O) groups excluding carboxylic acids is 1. The Morgan fingerprint density at radius 1 is 1.27 bits per heavy atom.